The molecule has 3 nitrogen and oxygen atoms in total. The maximum Gasteiger partial charge on any atom is 0.220 e. The largest absolute Gasteiger partial charge is 0.396 e. The van der Waals surface area contributed by atoms with Crippen LogP contribution in [0, 0.1) is 5.41 Å². The molecule has 0 atom stereocenters. The van der Waals surface area contributed by atoms with Gasteiger partial charge in [-0.15, -0.1) is 6.58 Å². The molecule has 15 heavy (non-hydrogen) atoms. The Morgan fingerprint density at radius 3 is 2.47 bits per heavy atom. The minimum atomic E-state index is -0.149. The van der Waals surface area contributed by atoms with Crippen molar-refractivity contribution in [2.45, 2.75) is 39.5 Å². The molecule has 0 rings (SSSR count). The SMILES string of the molecule is C=CCCC(=O)NCC(CC)(CC)CO. The smallest absolute Gasteiger partial charge is 0.220 e. The van der Waals surface area contributed by atoms with Gasteiger partial charge in [0.05, 0.1) is 6.61 Å². The molecule has 0 aliphatic rings. The second kappa shape index (κ2) is 7.46. The molecule has 3 heteroatoms. The normalized spacial score (nSPS) is 11.1. The number of rotatable bonds is 8. The molecular weight excluding hydrogens is 190 g/mol. The van der Waals surface area contributed by atoms with Crippen LogP contribution >= 0.6 is 0 Å². The van der Waals surface area contributed by atoms with Crippen LogP contribution in [0.15, 0.2) is 12.7 Å². The van der Waals surface area contributed by atoms with Crippen LogP contribution in [0.2, 0.25) is 0 Å². The highest BCUT2D eigenvalue weighted by atomic mass is 16.3. The lowest BCUT2D eigenvalue weighted by molar-refractivity contribution is -0.121. The van der Waals surface area contributed by atoms with Crippen molar-refractivity contribution in [3.63, 3.8) is 0 Å². The molecule has 0 unspecified atom stereocenters. The lowest BCUT2D eigenvalue weighted by Crippen LogP contribution is -2.39. The van der Waals surface area contributed by atoms with Crippen LogP contribution in [0.25, 0.3) is 0 Å². The van der Waals surface area contributed by atoms with E-state index in [1.165, 1.54) is 0 Å². The number of allylic oxidation sites excluding steroid dienone is 1. The van der Waals surface area contributed by atoms with Crippen molar-refractivity contribution in [3.8, 4) is 0 Å². The van der Waals surface area contributed by atoms with E-state index in [-0.39, 0.29) is 17.9 Å². The molecular formula is C12H23NO2. The van der Waals surface area contributed by atoms with Crippen LogP contribution in [0.1, 0.15) is 39.5 Å². The highest BCUT2D eigenvalue weighted by Gasteiger charge is 2.25. The molecule has 1 amide bonds. The fourth-order valence-corrected chi connectivity index (χ4v) is 1.39. The zero-order valence-electron chi connectivity index (χ0n) is 9.88. The van der Waals surface area contributed by atoms with Crippen LogP contribution < -0.4 is 5.32 Å². The second-order valence-corrected chi connectivity index (χ2v) is 3.97. The van der Waals surface area contributed by atoms with Crippen molar-refractivity contribution in [1.29, 1.82) is 0 Å². The van der Waals surface area contributed by atoms with Gasteiger partial charge in [-0.25, -0.2) is 0 Å². The zero-order valence-corrected chi connectivity index (χ0v) is 9.88. The molecule has 0 saturated heterocycles. The minimum absolute atomic E-state index is 0.0367. The fraction of sp³-hybridized carbons (Fsp3) is 0.750. The van der Waals surface area contributed by atoms with Crippen molar-refractivity contribution in [2.24, 2.45) is 5.41 Å². The highest BCUT2D eigenvalue weighted by molar-refractivity contribution is 5.76. The third-order valence-corrected chi connectivity index (χ3v) is 3.07. The average Bonchev–Trinajstić information content (AvgIpc) is 2.29. The van der Waals surface area contributed by atoms with Gasteiger partial charge in [-0.1, -0.05) is 19.9 Å². The summed E-state index contributed by atoms with van der Waals surface area (Å²) >= 11 is 0. The molecule has 0 aromatic heterocycles. The Morgan fingerprint density at radius 2 is 2.07 bits per heavy atom. The topological polar surface area (TPSA) is 49.3 Å². The number of nitrogens with one attached hydrogen (secondary N) is 1. The monoisotopic (exact) mass is 213 g/mol. The van der Waals surface area contributed by atoms with E-state index in [4.69, 9.17) is 0 Å². The Bertz CT molecular complexity index is 190. The summed E-state index contributed by atoms with van der Waals surface area (Å²) in [5.74, 6) is 0.0367. The van der Waals surface area contributed by atoms with Crippen LogP contribution in [0.4, 0.5) is 0 Å². The number of amides is 1. The van der Waals surface area contributed by atoms with Crippen molar-refractivity contribution < 1.29 is 9.90 Å². The van der Waals surface area contributed by atoms with Gasteiger partial charge < -0.3 is 10.4 Å². The number of carbonyl (C=O) groups excluding carboxylic acids is 1. The molecule has 0 fully saturated rings. The van der Waals surface area contributed by atoms with E-state index in [1.54, 1.807) is 6.08 Å². The fourth-order valence-electron chi connectivity index (χ4n) is 1.39. The lowest BCUT2D eigenvalue weighted by atomic mass is 9.83. The first-order valence-electron chi connectivity index (χ1n) is 5.62. The van der Waals surface area contributed by atoms with E-state index in [0.29, 0.717) is 19.4 Å². The average molecular weight is 213 g/mol. The Kier molecular flexibility index (Phi) is 7.05. The molecule has 0 aliphatic heterocycles. The van der Waals surface area contributed by atoms with Crippen molar-refractivity contribution in [3.05, 3.63) is 12.7 Å². The maximum atomic E-state index is 11.4. The third kappa shape index (κ3) is 4.98. The van der Waals surface area contributed by atoms with Gasteiger partial charge in [0.2, 0.25) is 5.91 Å². The van der Waals surface area contributed by atoms with E-state index in [9.17, 15) is 9.90 Å². The Hall–Kier alpha value is -0.830. The molecule has 0 heterocycles. The van der Waals surface area contributed by atoms with Crippen LogP contribution in [0.5, 0.6) is 0 Å². The first-order valence-corrected chi connectivity index (χ1v) is 5.62. The third-order valence-electron chi connectivity index (χ3n) is 3.07. The number of hydrogen-bond donors (Lipinski definition) is 2. The van der Waals surface area contributed by atoms with E-state index in [1.807, 2.05) is 13.8 Å². The van der Waals surface area contributed by atoms with E-state index < -0.39 is 0 Å². The standard InChI is InChI=1S/C12H23NO2/c1-4-7-8-11(15)13-9-12(5-2,6-3)10-14/h4,14H,1,5-10H2,2-3H3,(H,13,15). The summed E-state index contributed by atoms with van der Waals surface area (Å²) in [6.45, 7) is 8.33. The molecule has 0 spiro atoms. The van der Waals surface area contributed by atoms with Crippen LogP contribution in [-0.2, 0) is 4.79 Å². The highest BCUT2D eigenvalue weighted by Crippen LogP contribution is 2.24. The first kappa shape index (κ1) is 14.2. The molecule has 88 valence electrons. The minimum Gasteiger partial charge on any atom is -0.396 e. The Balaban J connectivity index is 3.98. The summed E-state index contributed by atoms with van der Waals surface area (Å²) in [7, 11) is 0. The van der Waals surface area contributed by atoms with Gasteiger partial charge in [0.25, 0.3) is 0 Å². The maximum absolute atomic E-state index is 11.4. The molecule has 0 aliphatic carbocycles. The Morgan fingerprint density at radius 1 is 1.47 bits per heavy atom. The van der Waals surface area contributed by atoms with E-state index >= 15 is 0 Å². The predicted molar refractivity (Wildman–Crippen MR) is 62.5 cm³/mol. The summed E-state index contributed by atoms with van der Waals surface area (Å²) in [6, 6.07) is 0. The number of aliphatic hydroxyl groups is 1. The molecule has 2 N–H and O–H groups in total. The molecule has 0 bridgehead atoms. The van der Waals surface area contributed by atoms with Crippen LogP contribution in [0.3, 0.4) is 0 Å². The summed E-state index contributed by atoms with van der Waals surface area (Å²) in [5.41, 5.74) is -0.149. The number of carbonyl (C=O) groups is 1. The van der Waals surface area contributed by atoms with Crippen molar-refractivity contribution in [2.75, 3.05) is 13.2 Å². The van der Waals surface area contributed by atoms with E-state index in [0.717, 1.165) is 12.8 Å². The summed E-state index contributed by atoms with van der Waals surface area (Å²) in [6.07, 6.45) is 4.68. The molecule has 0 radical (unpaired) electrons. The molecule has 0 aromatic rings. The Labute approximate surface area is 92.6 Å². The predicted octanol–water partition coefficient (Wildman–Crippen LogP) is 1.87. The van der Waals surface area contributed by atoms with Crippen molar-refractivity contribution >= 4 is 5.91 Å². The van der Waals surface area contributed by atoms with E-state index in [2.05, 4.69) is 11.9 Å². The van der Waals surface area contributed by atoms with Crippen LogP contribution in [-0.4, -0.2) is 24.2 Å². The van der Waals surface area contributed by atoms with Gasteiger partial charge in [-0.05, 0) is 19.3 Å². The first-order chi connectivity index (χ1) is 7.14. The summed E-state index contributed by atoms with van der Waals surface area (Å²) in [4.78, 5) is 11.4. The van der Waals surface area contributed by atoms with Gasteiger partial charge >= 0.3 is 0 Å². The zero-order chi connectivity index (χ0) is 11.7. The van der Waals surface area contributed by atoms with Gasteiger partial charge in [0, 0.05) is 18.4 Å². The summed E-state index contributed by atoms with van der Waals surface area (Å²) in [5, 5.41) is 12.2. The lowest BCUT2D eigenvalue weighted by Gasteiger charge is -2.29. The second-order valence-electron chi connectivity index (χ2n) is 3.97. The molecule has 0 saturated carbocycles. The van der Waals surface area contributed by atoms with Gasteiger partial charge in [-0.2, -0.15) is 0 Å². The molecule has 0 aromatic carbocycles. The number of aliphatic hydroxyl groups excluding tert-OH is 1. The van der Waals surface area contributed by atoms with Gasteiger partial charge in [0.15, 0.2) is 0 Å². The quantitative estimate of drug-likeness (QED) is 0.605. The number of hydrogen-bond acceptors (Lipinski definition) is 2. The summed E-state index contributed by atoms with van der Waals surface area (Å²) < 4.78 is 0. The van der Waals surface area contributed by atoms with Gasteiger partial charge in [0.1, 0.15) is 0 Å². The van der Waals surface area contributed by atoms with Crippen molar-refractivity contribution in [1.82, 2.24) is 5.32 Å². The van der Waals surface area contributed by atoms with Gasteiger partial charge in [-0.3, -0.25) is 4.79 Å².